The molecule has 3 rings (SSSR count). The van der Waals surface area contributed by atoms with Crippen LogP contribution in [0.15, 0.2) is 40.9 Å². The summed E-state index contributed by atoms with van der Waals surface area (Å²) in [6.07, 6.45) is 0. The number of amides is 2. The molecule has 0 bridgehead atoms. The summed E-state index contributed by atoms with van der Waals surface area (Å²) in [6.45, 7) is -0.0832. The van der Waals surface area contributed by atoms with Gasteiger partial charge >= 0.3 is 0 Å². The average Bonchev–Trinajstić information content (AvgIpc) is 2.54. The van der Waals surface area contributed by atoms with Crippen LogP contribution in [0, 0.1) is 0 Å². The van der Waals surface area contributed by atoms with Crippen molar-refractivity contribution in [2.45, 2.75) is 0 Å². The van der Waals surface area contributed by atoms with Gasteiger partial charge in [-0.05, 0) is 30.3 Å². The normalized spacial score (nSPS) is 12.7. The van der Waals surface area contributed by atoms with Crippen LogP contribution in [0.25, 0.3) is 0 Å². The van der Waals surface area contributed by atoms with E-state index in [1.54, 1.807) is 36.4 Å². The molecular formula is C16H13BrN2O4. The second kappa shape index (κ2) is 6.29. The number of halogens is 1. The maximum atomic E-state index is 12.5. The van der Waals surface area contributed by atoms with E-state index in [-0.39, 0.29) is 18.4 Å². The van der Waals surface area contributed by atoms with E-state index in [1.165, 1.54) is 7.11 Å². The van der Waals surface area contributed by atoms with Gasteiger partial charge < -0.3 is 20.1 Å². The van der Waals surface area contributed by atoms with Crippen molar-refractivity contribution in [3.05, 3.63) is 46.4 Å². The molecule has 23 heavy (non-hydrogen) atoms. The van der Waals surface area contributed by atoms with Crippen LogP contribution < -0.4 is 20.1 Å². The molecular weight excluding hydrogens is 364 g/mol. The minimum atomic E-state index is -0.336. The maximum absolute atomic E-state index is 12.5. The highest BCUT2D eigenvalue weighted by Crippen LogP contribution is 2.36. The first-order chi connectivity index (χ1) is 11.1. The Hall–Kier alpha value is -2.54. The van der Waals surface area contributed by atoms with E-state index in [4.69, 9.17) is 9.47 Å². The van der Waals surface area contributed by atoms with Gasteiger partial charge in [-0.15, -0.1) is 0 Å². The van der Waals surface area contributed by atoms with Gasteiger partial charge in [-0.25, -0.2) is 0 Å². The quantitative estimate of drug-likeness (QED) is 0.862. The highest BCUT2D eigenvalue weighted by Gasteiger charge is 2.21. The van der Waals surface area contributed by atoms with Crippen molar-refractivity contribution >= 4 is 39.1 Å². The summed E-state index contributed by atoms with van der Waals surface area (Å²) in [5, 5.41) is 5.48. The van der Waals surface area contributed by atoms with E-state index >= 15 is 0 Å². The molecule has 1 aliphatic rings. The van der Waals surface area contributed by atoms with Crippen LogP contribution in [-0.2, 0) is 4.79 Å². The van der Waals surface area contributed by atoms with Gasteiger partial charge in [0.05, 0.1) is 24.0 Å². The molecule has 7 heteroatoms. The van der Waals surface area contributed by atoms with Crippen molar-refractivity contribution in [1.29, 1.82) is 0 Å². The van der Waals surface area contributed by atoms with Crippen LogP contribution in [0.4, 0.5) is 11.4 Å². The number of methoxy groups -OCH3 is 1. The van der Waals surface area contributed by atoms with Gasteiger partial charge in [0.1, 0.15) is 5.75 Å². The monoisotopic (exact) mass is 376 g/mol. The summed E-state index contributed by atoms with van der Waals surface area (Å²) < 4.78 is 11.4. The number of ether oxygens (including phenoxy) is 2. The Labute approximate surface area is 140 Å². The summed E-state index contributed by atoms with van der Waals surface area (Å²) in [4.78, 5) is 23.9. The molecule has 2 aromatic rings. The summed E-state index contributed by atoms with van der Waals surface area (Å²) in [5.74, 6) is 0.339. The van der Waals surface area contributed by atoms with Gasteiger partial charge in [0.2, 0.25) is 0 Å². The number of fused-ring (bicyclic) bond motifs is 1. The molecule has 6 nitrogen and oxygen atoms in total. The largest absolute Gasteiger partial charge is 0.496 e. The Balaban J connectivity index is 1.91. The van der Waals surface area contributed by atoms with E-state index in [0.29, 0.717) is 28.4 Å². The molecule has 0 aliphatic carbocycles. The van der Waals surface area contributed by atoms with E-state index in [9.17, 15) is 9.59 Å². The molecule has 0 radical (unpaired) electrons. The second-order valence-electron chi connectivity index (χ2n) is 4.82. The number of para-hydroxylation sites is 1. The van der Waals surface area contributed by atoms with Crippen LogP contribution in [0.2, 0.25) is 0 Å². The lowest BCUT2D eigenvalue weighted by Gasteiger charge is -2.21. The molecule has 0 fully saturated rings. The lowest BCUT2D eigenvalue weighted by atomic mass is 10.1. The summed E-state index contributed by atoms with van der Waals surface area (Å²) in [5.41, 5.74) is 1.40. The fraction of sp³-hybridized carbons (Fsp3) is 0.125. The molecule has 0 saturated carbocycles. The Kier molecular flexibility index (Phi) is 4.20. The number of anilines is 2. The Morgan fingerprint density at radius 2 is 2.17 bits per heavy atom. The van der Waals surface area contributed by atoms with Crippen LogP contribution in [0.1, 0.15) is 10.4 Å². The standard InChI is InChI=1S/C16H13BrN2O4/c1-22-13-6-5-9(17)7-10(13)16(21)19-12-4-2-3-11-15(12)23-8-14(20)18-11/h2-7H,8H2,1H3,(H,18,20)(H,19,21). The number of rotatable bonds is 3. The number of hydrogen-bond acceptors (Lipinski definition) is 4. The minimum Gasteiger partial charge on any atom is -0.496 e. The number of benzene rings is 2. The molecule has 1 heterocycles. The number of carbonyl (C=O) groups is 2. The van der Waals surface area contributed by atoms with Crippen LogP contribution in [-0.4, -0.2) is 25.5 Å². The lowest BCUT2D eigenvalue weighted by Crippen LogP contribution is -2.26. The van der Waals surface area contributed by atoms with Crippen molar-refractivity contribution in [3.63, 3.8) is 0 Å². The maximum Gasteiger partial charge on any atom is 0.262 e. The number of hydrogen-bond donors (Lipinski definition) is 2. The molecule has 2 aromatic carbocycles. The third-order valence-corrected chi connectivity index (χ3v) is 3.78. The van der Waals surface area contributed by atoms with E-state index in [1.807, 2.05) is 0 Å². The first-order valence-corrected chi connectivity index (χ1v) is 7.58. The zero-order valence-corrected chi connectivity index (χ0v) is 13.8. The topological polar surface area (TPSA) is 76.7 Å². The van der Waals surface area contributed by atoms with Gasteiger partial charge in [0, 0.05) is 4.47 Å². The Morgan fingerprint density at radius 1 is 1.35 bits per heavy atom. The lowest BCUT2D eigenvalue weighted by molar-refractivity contribution is -0.118. The predicted molar refractivity (Wildman–Crippen MR) is 89.2 cm³/mol. The molecule has 2 N–H and O–H groups in total. The fourth-order valence-electron chi connectivity index (χ4n) is 2.26. The van der Waals surface area contributed by atoms with Crippen molar-refractivity contribution in [1.82, 2.24) is 0 Å². The first-order valence-electron chi connectivity index (χ1n) is 6.79. The zero-order valence-electron chi connectivity index (χ0n) is 12.2. The Morgan fingerprint density at radius 3 is 2.96 bits per heavy atom. The molecule has 118 valence electrons. The summed E-state index contributed by atoms with van der Waals surface area (Å²) >= 11 is 3.34. The highest BCUT2D eigenvalue weighted by atomic mass is 79.9. The van der Waals surface area contributed by atoms with Crippen molar-refractivity contribution in [2.75, 3.05) is 24.4 Å². The predicted octanol–water partition coefficient (Wildman–Crippen LogP) is 3.04. The van der Waals surface area contributed by atoms with Crippen LogP contribution in [0.3, 0.4) is 0 Å². The first kappa shape index (κ1) is 15.4. The molecule has 0 spiro atoms. The fourth-order valence-corrected chi connectivity index (χ4v) is 2.62. The third kappa shape index (κ3) is 3.14. The molecule has 0 unspecified atom stereocenters. The van der Waals surface area contributed by atoms with Gasteiger partial charge in [-0.3, -0.25) is 9.59 Å². The summed E-state index contributed by atoms with van der Waals surface area (Å²) in [7, 11) is 1.50. The van der Waals surface area contributed by atoms with Gasteiger partial charge in [0.15, 0.2) is 12.4 Å². The number of nitrogens with one attached hydrogen (secondary N) is 2. The molecule has 2 amide bonds. The SMILES string of the molecule is COc1ccc(Br)cc1C(=O)Nc1cccc2c1OCC(=O)N2. The third-order valence-electron chi connectivity index (χ3n) is 3.29. The minimum absolute atomic E-state index is 0.0832. The molecule has 0 atom stereocenters. The smallest absolute Gasteiger partial charge is 0.262 e. The van der Waals surface area contributed by atoms with E-state index < -0.39 is 0 Å². The highest BCUT2D eigenvalue weighted by molar-refractivity contribution is 9.10. The van der Waals surface area contributed by atoms with Crippen molar-refractivity contribution < 1.29 is 19.1 Å². The second-order valence-corrected chi connectivity index (χ2v) is 5.73. The van der Waals surface area contributed by atoms with Crippen LogP contribution in [0.5, 0.6) is 11.5 Å². The molecule has 0 saturated heterocycles. The van der Waals surface area contributed by atoms with Gasteiger partial charge in [-0.2, -0.15) is 0 Å². The number of carbonyl (C=O) groups excluding carboxylic acids is 2. The molecule has 1 aliphatic heterocycles. The zero-order chi connectivity index (χ0) is 16.4. The molecule has 0 aromatic heterocycles. The summed E-state index contributed by atoms with van der Waals surface area (Å²) in [6, 6.07) is 10.3. The van der Waals surface area contributed by atoms with E-state index in [0.717, 1.165) is 4.47 Å². The Bertz CT molecular complexity index is 792. The van der Waals surface area contributed by atoms with Gasteiger partial charge in [0.25, 0.3) is 11.8 Å². The van der Waals surface area contributed by atoms with Crippen molar-refractivity contribution in [3.8, 4) is 11.5 Å². The van der Waals surface area contributed by atoms with Crippen LogP contribution >= 0.6 is 15.9 Å². The van der Waals surface area contributed by atoms with Crippen molar-refractivity contribution in [2.24, 2.45) is 0 Å². The average molecular weight is 377 g/mol. The van der Waals surface area contributed by atoms with E-state index in [2.05, 4.69) is 26.6 Å². The van der Waals surface area contributed by atoms with Gasteiger partial charge in [-0.1, -0.05) is 22.0 Å².